The Balaban J connectivity index is 2.29. The first-order valence-corrected chi connectivity index (χ1v) is 3.71. The first-order valence-electron chi connectivity index (χ1n) is 3.71. The minimum Gasteiger partial charge on any atom is -0.480 e. The van der Waals surface area contributed by atoms with E-state index >= 15 is 0 Å². The number of carboxylic acid groups (broad SMARTS) is 1. The summed E-state index contributed by atoms with van der Waals surface area (Å²) in [6.45, 7) is 1.11. The van der Waals surface area contributed by atoms with Crippen LogP contribution in [0.2, 0.25) is 0 Å². The van der Waals surface area contributed by atoms with E-state index in [9.17, 15) is 4.79 Å². The molecule has 4 nitrogen and oxygen atoms in total. The van der Waals surface area contributed by atoms with E-state index in [-0.39, 0.29) is 6.10 Å². The zero-order valence-electron chi connectivity index (χ0n) is 6.41. The normalized spacial score (nSPS) is 43.2. The second kappa shape index (κ2) is 1.95. The first-order chi connectivity index (χ1) is 5.15. The van der Waals surface area contributed by atoms with E-state index in [1.165, 1.54) is 0 Å². The molecule has 2 rings (SSSR count). The van der Waals surface area contributed by atoms with Crippen molar-refractivity contribution in [3.63, 3.8) is 0 Å². The van der Waals surface area contributed by atoms with E-state index < -0.39 is 11.5 Å². The molecule has 2 saturated heterocycles. The van der Waals surface area contributed by atoms with E-state index in [1.54, 1.807) is 0 Å². The molecule has 2 aliphatic rings. The molecular weight excluding hydrogens is 146 g/mol. The molecule has 11 heavy (non-hydrogen) atoms. The van der Waals surface area contributed by atoms with Crippen molar-refractivity contribution in [3.8, 4) is 0 Å². The van der Waals surface area contributed by atoms with Crippen LogP contribution in [-0.2, 0) is 9.53 Å². The van der Waals surface area contributed by atoms with Crippen molar-refractivity contribution in [2.24, 2.45) is 0 Å². The minimum atomic E-state index is -0.750. The lowest BCUT2D eigenvalue weighted by molar-refractivity contribution is -0.151. The summed E-state index contributed by atoms with van der Waals surface area (Å²) in [5, 5.41) is 8.94. The van der Waals surface area contributed by atoms with E-state index in [2.05, 4.69) is 0 Å². The topological polar surface area (TPSA) is 49.8 Å². The Kier molecular flexibility index (Phi) is 1.25. The smallest absolute Gasteiger partial charge is 0.326 e. The fourth-order valence-corrected chi connectivity index (χ4v) is 1.93. The molecule has 0 radical (unpaired) electrons. The van der Waals surface area contributed by atoms with Crippen LogP contribution in [0.5, 0.6) is 0 Å². The number of likely N-dealkylation sites (tertiary alicyclic amines) is 1. The van der Waals surface area contributed by atoms with Gasteiger partial charge >= 0.3 is 5.97 Å². The van der Waals surface area contributed by atoms with Crippen molar-refractivity contribution >= 4 is 5.97 Å². The minimum absolute atomic E-state index is 0.149. The highest BCUT2D eigenvalue weighted by Gasteiger charge is 2.55. The number of nitrogens with zero attached hydrogens (tertiary/aromatic N) is 1. The third kappa shape index (κ3) is 0.736. The molecule has 0 aromatic carbocycles. The van der Waals surface area contributed by atoms with Crippen LogP contribution in [-0.4, -0.2) is 47.8 Å². The molecule has 2 aliphatic heterocycles. The van der Waals surface area contributed by atoms with Crippen molar-refractivity contribution in [2.75, 3.05) is 20.2 Å². The standard InChI is InChI=1S/C7H11NO3/c1-8-3-5-2-7(8,4-11-5)6(9)10/h5H,2-4H2,1H3,(H,9,10). The number of fused-ring (bicyclic) bond motifs is 2. The lowest BCUT2D eigenvalue weighted by Crippen LogP contribution is -2.52. The number of hydrogen-bond acceptors (Lipinski definition) is 3. The summed E-state index contributed by atoms with van der Waals surface area (Å²) in [5.41, 5.74) is -0.704. The average molecular weight is 157 g/mol. The zero-order chi connectivity index (χ0) is 8.06. The SMILES string of the molecule is CN1CC2CC1(C(=O)O)CO2. The molecule has 0 spiro atoms. The van der Waals surface area contributed by atoms with Crippen LogP contribution in [0.15, 0.2) is 0 Å². The summed E-state index contributed by atoms with van der Waals surface area (Å²) in [7, 11) is 1.84. The van der Waals surface area contributed by atoms with E-state index in [0.717, 1.165) is 6.54 Å². The second-order valence-electron chi connectivity index (χ2n) is 3.35. The third-order valence-corrected chi connectivity index (χ3v) is 2.73. The van der Waals surface area contributed by atoms with Crippen molar-refractivity contribution in [2.45, 2.75) is 18.1 Å². The summed E-state index contributed by atoms with van der Waals surface area (Å²) < 4.78 is 5.26. The Morgan fingerprint density at radius 3 is 2.82 bits per heavy atom. The Hall–Kier alpha value is -0.610. The molecule has 2 atom stereocenters. The third-order valence-electron chi connectivity index (χ3n) is 2.73. The van der Waals surface area contributed by atoms with Gasteiger partial charge in [-0.25, -0.2) is 0 Å². The highest BCUT2D eigenvalue weighted by Crippen LogP contribution is 2.36. The fourth-order valence-electron chi connectivity index (χ4n) is 1.93. The predicted octanol–water partition coefficient (Wildman–Crippen LogP) is -0.456. The molecular formula is C7H11NO3. The number of rotatable bonds is 1. The van der Waals surface area contributed by atoms with Gasteiger partial charge in [0.1, 0.15) is 5.54 Å². The Morgan fingerprint density at radius 2 is 2.55 bits per heavy atom. The lowest BCUT2D eigenvalue weighted by Gasteiger charge is -2.30. The Bertz CT molecular complexity index is 206. The maximum absolute atomic E-state index is 10.9. The maximum atomic E-state index is 10.9. The van der Waals surface area contributed by atoms with Gasteiger partial charge in [0, 0.05) is 13.0 Å². The van der Waals surface area contributed by atoms with Crippen LogP contribution in [0.3, 0.4) is 0 Å². The van der Waals surface area contributed by atoms with Crippen LogP contribution >= 0.6 is 0 Å². The molecule has 4 heteroatoms. The number of likely N-dealkylation sites (N-methyl/N-ethyl adjacent to an activating group) is 1. The van der Waals surface area contributed by atoms with Gasteiger partial charge in [0.15, 0.2) is 0 Å². The van der Waals surface area contributed by atoms with E-state index in [4.69, 9.17) is 9.84 Å². The molecule has 1 N–H and O–H groups in total. The summed E-state index contributed by atoms with van der Waals surface area (Å²) >= 11 is 0. The van der Waals surface area contributed by atoms with Crippen LogP contribution < -0.4 is 0 Å². The molecule has 2 unspecified atom stereocenters. The molecule has 0 amide bonds. The average Bonchev–Trinajstić information content (AvgIpc) is 2.43. The van der Waals surface area contributed by atoms with Crippen LogP contribution in [0.1, 0.15) is 6.42 Å². The van der Waals surface area contributed by atoms with Gasteiger partial charge in [0.25, 0.3) is 0 Å². The monoisotopic (exact) mass is 157 g/mol. The van der Waals surface area contributed by atoms with Gasteiger partial charge in [-0.3, -0.25) is 9.69 Å². The van der Waals surface area contributed by atoms with Gasteiger partial charge in [-0.2, -0.15) is 0 Å². The number of ether oxygens (including phenoxy) is 1. The molecule has 2 fully saturated rings. The summed E-state index contributed by atoms with van der Waals surface area (Å²) in [6, 6.07) is 0. The molecule has 62 valence electrons. The van der Waals surface area contributed by atoms with Crippen LogP contribution in [0, 0.1) is 0 Å². The molecule has 0 saturated carbocycles. The van der Waals surface area contributed by atoms with Gasteiger partial charge in [0.05, 0.1) is 12.7 Å². The molecule has 0 aliphatic carbocycles. The number of carbonyl (C=O) groups is 1. The quantitative estimate of drug-likeness (QED) is 0.559. The highest BCUT2D eigenvalue weighted by atomic mass is 16.5. The Morgan fingerprint density at radius 1 is 1.82 bits per heavy atom. The van der Waals surface area contributed by atoms with Gasteiger partial charge in [-0.15, -0.1) is 0 Å². The van der Waals surface area contributed by atoms with E-state index in [1.807, 2.05) is 11.9 Å². The number of aliphatic carboxylic acids is 1. The molecule has 2 heterocycles. The fraction of sp³-hybridized carbons (Fsp3) is 0.857. The number of carboxylic acids is 1. The highest BCUT2D eigenvalue weighted by molar-refractivity contribution is 5.80. The van der Waals surface area contributed by atoms with Crippen molar-refractivity contribution in [1.29, 1.82) is 0 Å². The second-order valence-corrected chi connectivity index (χ2v) is 3.35. The first kappa shape index (κ1) is 7.06. The summed E-state index contributed by atoms with van der Waals surface area (Å²) in [5.74, 6) is -0.750. The van der Waals surface area contributed by atoms with E-state index in [0.29, 0.717) is 13.0 Å². The van der Waals surface area contributed by atoms with Gasteiger partial charge in [0.2, 0.25) is 0 Å². The number of morpholine rings is 1. The maximum Gasteiger partial charge on any atom is 0.326 e. The predicted molar refractivity (Wildman–Crippen MR) is 37.4 cm³/mol. The summed E-state index contributed by atoms with van der Waals surface area (Å²) in [6.07, 6.45) is 0.801. The summed E-state index contributed by atoms with van der Waals surface area (Å²) in [4.78, 5) is 12.7. The number of hydrogen-bond donors (Lipinski definition) is 1. The van der Waals surface area contributed by atoms with Crippen molar-refractivity contribution < 1.29 is 14.6 Å². The largest absolute Gasteiger partial charge is 0.480 e. The Labute approximate surface area is 64.7 Å². The molecule has 2 bridgehead atoms. The van der Waals surface area contributed by atoms with Crippen LogP contribution in [0.25, 0.3) is 0 Å². The molecule has 0 aromatic heterocycles. The zero-order valence-corrected chi connectivity index (χ0v) is 6.41. The van der Waals surface area contributed by atoms with Crippen molar-refractivity contribution in [1.82, 2.24) is 4.90 Å². The van der Waals surface area contributed by atoms with Gasteiger partial charge in [-0.05, 0) is 7.05 Å². The van der Waals surface area contributed by atoms with Crippen LogP contribution in [0.4, 0.5) is 0 Å². The van der Waals surface area contributed by atoms with Gasteiger partial charge < -0.3 is 9.84 Å². The molecule has 0 aromatic rings. The van der Waals surface area contributed by atoms with Crippen molar-refractivity contribution in [3.05, 3.63) is 0 Å². The lowest BCUT2D eigenvalue weighted by atomic mass is 10.00. The van der Waals surface area contributed by atoms with Gasteiger partial charge in [-0.1, -0.05) is 0 Å².